The van der Waals surface area contributed by atoms with E-state index in [9.17, 15) is 5.11 Å². The maximum Gasteiger partial charge on any atom is 0.124 e. The van der Waals surface area contributed by atoms with E-state index in [0.29, 0.717) is 10.8 Å². The highest BCUT2D eigenvalue weighted by Crippen LogP contribution is 2.27. The number of halogens is 1. The van der Waals surface area contributed by atoms with Crippen LogP contribution in [0.2, 0.25) is 5.02 Å². The van der Waals surface area contributed by atoms with E-state index < -0.39 is 6.10 Å². The Morgan fingerprint density at radius 2 is 1.95 bits per heavy atom. The predicted molar refractivity (Wildman–Crippen MR) is 76.6 cm³/mol. The molecule has 0 amide bonds. The molecule has 19 heavy (non-hydrogen) atoms. The summed E-state index contributed by atoms with van der Waals surface area (Å²) in [6.07, 6.45) is -0.580. The molecule has 5 heteroatoms. The average molecular weight is 288 g/mol. The van der Waals surface area contributed by atoms with Crippen LogP contribution in [-0.2, 0) is 4.74 Å². The van der Waals surface area contributed by atoms with Crippen molar-refractivity contribution in [1.82, 2.24) is 0 Å². The van der Waals surface area contributed by atoms with Crippen molar-refractivity contribution in [3.63, 3.8) is 0 Å². The molecule has 108 valence electrons. The van der Waals surface area contributed by atoms with Crippen molar-refractivity contribution < 1.29 is 14.6 Å². The summed E-state index contributed by atoms with van der Waals surface area (Å²) in [7, 11) is 0. The molecule has 3 N–H and O–H groups in total. The van der Waals surface area contributed by atoms with E-state index >= 15 is 0 Å². The van der Waals surface area contributed by atoms with Crippen LogP contribution in [0.15, 0.2) is 18.2 Å². The van der Waals surface area contributed by atoms with Crippen LogP contribution in [0.5, 0.6) is 5.75 Å². The summed E-state index contributed by atoms with van der Waals surface area (Å²) in [6, 6.07) is 5.09. The second-order valence-electron chi connectivity index (χ2n) is 4.82. The van der Waals surface area contributed by atoms with Crippen molar-refractivity contribution in [2.24, 2.45) is 5.73 Å². The fourth-order valence-corrected chi connectivity index (χ4v) is 1.72. The molecule has 0 aromatic heterocycles. The molecule has 1 aromatic rings. The molecule has 0 radical (unpaired) electrons. The van der Waals surface area contributed by atoms with Gasteiger partial charge in [-0.05, 0) is 39.0 Å². The Balaban J connectivity index is 2.57. The summed E-state index contributed by atoms with van der Waals surface area (Å²) in [5.74, 6) is 0.642. The molecular formula is C14H22ClNO3. The monoisotopic (exact) mass is 287 g/mol. The van der Waals surface area contributed by atoms with Gasteiger partial charge in [-0.2, -0.15) is 0 Å². The molecule has 0 aliphatic rings. The molecule has 1 rings (SSSR count). The third-order valence-corrected chi connectivity index (χ3v) is 2.75. The molecule has 1 unspecified atom stereocenters. The fourth-order valence-electron chi connectivity index (χ4n) is 1.54. The van der Waals surface area contributed by atoms with Gasteiger partial charge in [-0.3, -0.25) is 0 Å². The minimum Gasteiger partial charge on any atom is -0.490 e. The Morgan fingerprint density at radius 3 is 2.53 bits per heavy atom. The minimum atomic E-state index is -0.668. The normalized spacial score (nSPS) is 14.5. The van der Waals surface area contributed by atoms with Gasteiger partial charge in [-0.25, -0.2) is 0 Å². The number of nitrogens with two attached hydrogens (primary N) is 1. The van der Waals surface area contributed by atoms with E-state index in [4.69, 9.17) is 26.8 Å². The first-order chi connectivity index (χ1) is 8.90. The van der Waals surface area contributed by atoms with Crippen molar-refractivity contribution >= 4 is 11.6 Å². The van der Waals surface area contributed by atoms with Crippen LogP contribution in [0.25, 0.3) is 0 Å². The summed E-state index contributed by atoms with van der Waals surface area (Å²) >= 11 is 5.93. The number of benzene rings is 1. The van der Waals surface area contributed by atoms with E-state index in [2.05, 4.69) is 0 Å². The highest BCUT2D eigenvalue weighted by molar-refractivity contribution is 6.30. The van der Waals surface area contributed by atoms with Crippen LogP contribution in [0.3, 0.4) is 0 Å². The smallest absolute Gasteiger partial charge is 0.124 e. The van der Waals surface area contributed by atoms with Gasteiger partial charge >= 0.3 is 0 Å². The van der Waals surface area contributed by atoms with Gasteiger partial charge in [0.15, 0.2) is 0 Å². The van der Waals surface area contributed by atoms with Crippen molar-refractivity contribution in [2.45, 2.75) is 39.0 Å². The number of aliphatic hydroxyl groups is 1. The number of rotatable bonds is 7. The second-order valence-corrected chi connectivity index (χ2v) is 5.25. The van der Waals surface area contributed by atoms with Gasteiger partial charge < -0.3 is 20.3 Å². The van der Waals surface area contributed by atoms with E-state index in [1.807, 2.05) is 20.8 Å². The van der Waals surface area contributed by atoms with E-state index in [1.165, 1.54) is 0 Å². The molecule has 1 aromatic carbocycles. The third-order valence-electron chi connectivity index (χ3n) is 2.52. The van der Waals surface area contributed by atoms with Crippen molar-refractivity contribution in [3.05, 3.63) is 28.8 Å². The quantitative estimate of drug-likeness (QED) is 0.809. The molecule has 4 nitrogen and oxygen atoms in total. The summed E-state index contributed by atoms with van der Waals surface area (Å²) < 4.78 is 10.9. The van der Waals surface area contributed by atoms with Crippen LogP contribution in [-0.4, -0.2) is 30.5 Å². The Bertz CT molecular complexity index is 396. The predicted octanol–water partition coefficient (Wildman–Crippen LogP) is 2.52. The van der Waals surface area contributed by atoms with Gasteiger partial charge in [0.05, 0.1) is 12.7 Å². The topological polar surface area (TPSA) is 64.7 Å². The Kier molecular flexibility index (Phi) is 6.58. The third kappa shape index (κ3) is 5.78. The number of ether oxygens (including phenoxy) is 2. The Morgan fingerprint density at radius 1 is 1.26 bits per heavy atom. The summed E-state index contributed by atoms with van der Waals surface area (Å²) in [6.45, 7) is 6.10. The minimum absolute atomic E-state index is 0.0878. The molecule has 0 bridgehead atoms. The highest BCUT2D eigenvalue weighted by atomic mass is 35.5. The van der Waals surface area contributed by atoms with E-state index in [1.54, 1.807) is 18.2 Å². The fraction of sp³-hybridized carbons (Fsp3) is 0.571. The van der Waals surface area contributed by atoms with Gasteiger partial charge in [-0.15, -0.1) is 0 Å². The zero-order chi connectivity index (χ0) is 14.4. The second kappa shape index (κ2) is 7.70. The van der Waals surface area contributed by atoms with E-state index in [0.717, 1.165) is 5.56 Å². The first-order valence-electron chi connectivity index (χ1n) is 6.37. The molecule has 0 heterocycles. The standard InChI is InChI=1S/C14H22ClNO3/c1-9(2)18-7-12(17)8-19-14-5-4-11(15)6-13(14)10(3)16/h4-6,9-10,12,17H,7-8,16H2,1-3H3/t10-,12?/m1/s1. The van der Waals surface area contributed by atoms with Gasteiger partial charge in [0.1, 0.15) is 18.5 Å². The molecule has 0 saturated carbocycles. The van der Waals surface area contributed by atoms with Crippen LogP contribution >= 0.6 is 11.6 Å². The molecule has 0 aliphatic carbocycles. The molecule has 2 atom stereocenters. The molecule has 0 saturated heterocycles. The lowest BCUT2D eigenvalue weighted by molar-refractivity contribution is -0.0124. The lowest BCUT2D eigenvalue weighted by atomic mass is 10.1. The van der Waals surface area contributed by atoms with Crippen LogP contribution in [0.4, 0.5) is 0 Å². The van der Waals surface area contributed by atoms with Gasteiger partial charge in [0.2, 0.25) is 0 Å². The number of aliphatic hydroxyl groups excluding tert-OH is 1. The number of hydrogen-bond acceptors (Lipinski definition) is 4. The summed E-state index contributed by atoms with van der Waals surface area (Å²) in [5, 5.41) is 10.4. The maximum atomic E-state index is 9.74. The SMILES string of the molecule is CC(C)OCC(O)COc1ccc(Cl)cc1[C@@H](C)N. The van der Waals surface area contributed by atoms with Crippen molar-refractivity contribution in [1.29, 1.82) is 0 Å². The summed E-state index contributed by atoms with van der Waals surface area (Å²) in [4.78, 5) is 0. The Hall–Kier alpha value is -0.810. The zero-order valence-electron chi connectivity index (χ0n) is 11.6. The van der Waals surface area contributed by atoms with Crippen LogP contribution in [0.1, 0.15) is 32.4 Å². The molecule has 0 fully saturated rings. The Labute approximate surface area is 119 Å². The maximum absolute atomic E-state index is 9.74. The van der Waals surface area contributed by atoms with Crippen molar-refractivity contribution in [3.8, 4) is 5.75 Å². The van der Waals surface area contributed by atoms with Crippen LogP contribution < -0.4 is 10.5 Å². The first-order valence-corrected chi connectivity index (χ1v) is 6.75. The highest BCUT2D eigenvalue weighted by Gasteiger charge is 2.12. The largest absolute Gasteiger partial charge is 0.490 e. The van der Waals surface area contributed by atoms with Gasteiger partial charge in [-0.1, -0.05) is 11.6 Å². The molecule has 0 spiro atoms. The van der Waals surface area contributed by atoms with Crippen molar-refractivity contribution in [2.75, 3.05) is 13.2 Å². The first kappa shape index (κ1) is 16.2. The summed E-state index contributed by atoms with van der Waals surface area (Å²) in [5.41, 5.74) is 6.69. The molecule has 0 aliphatic heterocycles. The number of hydrogen-bond donors (Lipinski definition) is 2. The van der Waals surface area contributed by atoms with Crippen LogP contribution in [0, 0.1) is 0 Å². The molecular weight excluding hydrogens is 266 g/mol. The zero-order valence-corrected chi connectivity index (χ0v) is 12.4. The van der Waals surface area contributed by atoms with Gasteiger partial charge in [0, 0.05) is 16.6 Å². The average Bonchev–Trinajstić information content (AvgIpc) is 2.34. The lowest BCUT2D eigenvalue weighted by Gasteiger charge is -2.17. The lowest BCUT2D eigenvalue weighted by Crippen LogP contribution is -2.25. The van der Waals surface area contributed by atoms with E-state index in [-0.39, 0.29) is 25.4 Å². The van der Waals surface area contributed by atoms with Gasteiger partial charge in [0.25, 0.3) is 0 Å².